The number of fused-ring (bicyclic) bond motifs is 1. The van der Waals surface area contributed by atoms with E-state index >= 15 is 0 Å². The average Bonchev–Trinajstić information content (AvgIpc) is 2.77. The standard InChI is InChI=1S/C23H25F3N4O/c1-17-22(28-21-9-3-2-8-20(21)27-17)31-15-5-10-29-11-13-30(14-12-29)19-7-4-6-18(16-19)23(24,25)26/h2-4,6-9,16H,5,10-15H2,1H3. The average molecular weight is 430 g/mol. The monoisotopic (exact) mass is 430 g/mol. The number of anilines is 1. The fourth-order valence-electron chi connectivity index (χ4n) is 3.77. The Morgan fingerprint density at radius 2 is 1.65 bits per heavy atom. The van der Waals surface area contributed by atoms with Gasteiger partial charge in [0, 0.05) is 38.4 Å². The quantitative estimate of drug-likeness (QED) is 0.537. The molecule has 4 rings (SSSR count). The summed E-state index contributed by atoms with van der Waals surface area (Å²) in [6, 6.07) is 13.3. The first kappa shape index (κ1) is 21.4. The first-order valence-corrected chi connectivity index (χ1v) is 10.4. The Hall–Kier alpha value is -2.87. The maximum Gasteiger partial charge on any atom is 0.416 e. The van der Waals surface area contributed by atoms with Crippen molar-refractivity contribution in [3.8, 4) is 5.88 Å². The highest BCUT2D eigenvalue weighted by Gasteiger charge is 2.31. The first-order valence-electron chi connectivity index (χ1n) is 10.4. The molecule has 0 amide bonds. The molecule has 1 aromatic heterocycles. The summed E-state index contributed by atoms with van der Waals surface area (Å²) in [5.41, 5.74) is 2.47. The van der Waals surface area contributed by atoms with Gasteiger partial charge in [-0.25, -0.2) is 9.97 Å². The summed E-state index contributed by atoms with van der Waals surface area (Å²) in [7, 11) is 0. The number of rotatable bonds is 6. The number of piperazine rings is 1. The highest BCUT2D eigenvalue weighted by atomic mass is 19.4. The van der Waals surface area contributed by atoms with Crippen LogP contribution in [0.25, 0.3) is 11.0 Å². The van der Waals surface area contributed by atoms with Gasteiger partial charge < -0.3 is 9.64 Å². The molecule has 1 aliphatic rings. The number of benzene rings is 2. The second kappa shape index (κ2) is 9.09. The number of nitrogens with zero attached hydrogens (tertiary/aromatic N) is 4. The first-order chi connectivity index (χ1) is 14.9. The van der Waals surface area contributed by atoms with Crippen molar-refractivity contribution in [3.05, 3.63) is 59.8 Å². The van der Waals surface area contributed by atoms with Crippen molar-refractivity contribution in [2.45, 2.75) is 19.5 Å². The van der Waals surface area contributed by atoms with Gasteiger partial charge >= 0.3 is 6.18 Å². The molecule has 0 bridgehead atoms. The lowest BCUT2D eigenvalue weighted by atomic mass is 10.1. The number of halogens is 3. The van der Waals surface area contributed by atoms with Gasteiger partial charge in [-0.05, 0) is 43.7 Å². The summed E-state index contributed by atoms with van der Waals surface area (Å²) in [5, 5.41) is 0. The fraction of sp³-hybridized carbons (Fsp3) is 0.391. The van der Waals surface area contributed by atoms with Crippen LogP contribution in [0.4, 0.5) is 18.9 Å². The molecule has 0 atom stereocenters. The lowest BCUT2D eigenvalue weighted by Gasteiger charge is -2.36. The van der Waals surface area contributed by atoms with Crippen molar-refractivity contribution in [1.82, 2.24) is 14.9 Å². The van der Waals surface area contributed by atoms with Crippen LogP contribution >= 0.6 is 0 Å². The van der Waals surface area contributed by atoms with Crippen LogP contribution in [0.1, 0.15) is 17.7 Å². The Morgan fingerprint density at radius 1 is 0.935 bits per heavy atom. The maximum atomic E-state index is 12.9. The van der Waals surface area contributed by atoms with Crippen LogP contribution < -0.4 is 9.64 Å². The zero-order valence-electron chi connectivity index (χ0n) is 17.4. The molecule has 2 heterocycles. The van der Waals surface area contributed by atoms with Crippen LogP contribution in [0, 0.1) is 6.92 Å². The second-order valence-electron chi connectivity index (χ2n) is 7.68. The molecule has 2 aromatic carbocycles. The maximum absolute atomic E-state index is 12.9. The van der Waals surface area contributed by atoms with Crippen molar-refractivity contribution < 1.29 is 17.9 Å². The molecule has 0 spiro atoms. The van der Waals surface area contributed by atoms with Crippen LogP contribution in [0.2, 0.25) is 0 Å². The molecular formula is C23H25F3N4O. The van der Waals surface area contributed by atoms with Gasteiger partial charge in [0.2, 0.25) is 5.88 Å². The summed E-state index contributed by atoms with van der Waals surface area (Å²) < 4.78 is 44.7. The third kappa shape index (κ3) is 5.25. The van der Waals surface area contributed by atoms with Crippen LogP contribution in [-0.2, 0) is 6.18 Å². The van der Waals surface area contributed by atoms with Gasteiger partial charge in [0.1, 0.15) is 5.69 Å². The van der Waals surface area contributed by atoms with Gasteiger partial charge in [-0.15, -0.1) is 0 Å². The SMILES string of the molecule is Cc1nc2ccccc2nc1OCCCN1CCN(c2cccc(C(F)(F)F)c2)CC1. The minimum Gasteiger partial charge on any atom is -0.476 e. The Balaban J connectivity index is 1.24. The zero-order chi connectivity index (χ0) is 21.8. The Labute approximate surface area is 179 Å². The predicted octanol–water partition coefficient (Wildman–Crippen LogP) is 4.55. The molecule has 5 nitrogen and oxygen atoms in total. The normalized spacial score (nSPS) is 15.4. The predicted molar refractivity (Wildman–Crippen MR) is 114 cm³/mol. The number of hydrogen-bond donors (Lipinski definition) is 0. The number of aryl methyl sites for hydroxylation is 1. The van der Waals surface area contributed by atoms with E-state index in [9.17, 15) is 13.2 Å². The van der Waals surface area contributed by atoms with E-state index in [-0.39, 0.29) is 0 Å². The Kier molecular flexibility index (Phi) is 6.27. The molecule has 0 saturated carbocycles. The van der Waals surface area contributed by atoms with E-state index in [1.54, 1.807) is 6.07 Å². The van der Waals surface area contributed by atoms with Crippen LogP contribution in [0.5, 0.6) is 5.88 Å². The molecular weight excluding hydrogens is 405 g/mol. The third-order valence-corrected chi connectivity index (χ3v) is 5.47. The van der Waals surface area contributed by atoms with E-state index in [1.807, 2.05) is 36.1 Å². The van der Waals surface area contributed by atoms with Gasteiger partial charge in [0.05, 0.1) is 23.2 Å². The molecule has 1 fully saturated rings. The summed E-state index contributed by atoms with van der Waals surface area (Å²) >= 11 is 0. The lowest BCUT2D eigenvalue weighted by Crippen LogP contribution is -2.46. The Bertz CT molecular complexity index is 1030. The summed E-state index contributed by atoms with van der Waals surface area (Å²) in [5.74, 6) is 0.563. The Morgan fingerprint density at radius 3 is 2.35 bits per heavy atom. The van der Waals surface area contributed by atoms with E-state index in [2.05, 4.69) is 14.9 Å². The molecule has 1 aliphatic heterocycles. The van der Waals surface area contributed by atoms with E-state index < -0.39 is 11.7 Å². The van der Waals surface area contributed by atoms with Gasteiger partial charge in [-0.2, -0.15) is 13.2 Å². The minimum atomic E-state index is -4.31. The molecule has 0 N–H and O–H groups in total. The van der Waals surface area contributed by atoms with Gasteiger partial charge in [-0.3, -0.25) is 4.90 Å². The van der Waals surface area contributed by atoms with E-state index in [4.69, 9.17) is 4.74 Å². The van der Waals surface area contributed by atoms with Crippen molar-refractivity contribution in [3.63, 3.8) is 0 Å². The highest BCUT2D eigenvalue weighted by Crippen LogP contribution is 2.31. The number of alkyl halides is 3. The number of para-hydroxylation sites is 2. The fourth-order valence-corrected chi connectivity index (χ4v) is 3.77. The van der Waals surface area contributed by atoms with Crippen molar-refractivity contribution in [2.24, 2.45) is 0 Å². The number of ether oxygens (including phenoxy) is 1. The largest absolute Gasteiger partial charge is 0.476 e. The smallest absolute Gasteiger partial charge is 0.416 e. The molecule has 3 aromatic rings. The van der Waals surface area contributed by atoms with E-state index in [1.165, 1.54) is 12.1 Å². The van der Waals surface area contributed by atoms with E-state index in [0.717, 1.165) is 48.8 Å². The van der Waals surface area contributed by atoms with Gasteiger partial charge in [-0.1, -0.05) is 18.2 Å². The molecule has 31 heavy (non-hydrogen) atoms. The molecule has 164 valence electrons. The minimum absolute atomic E-state index is 0.543. The molecule has 0 aliphatic carbocycles. The topological polar surface area (TPSA) is 41.5 Å². The zero-order valence-corrected chi connectivity index (χ0v) is 17.4. The summed E-state index contributed by atoms with van der Waals surface area (Å²) in [4.78, 5) is 13.4. The van der Waals surface area contributed by atoms with Crippen LogP contribution in [0.15, 0.2) is 48.5 Å². The molecule has 0 radical (unpaired) electrons. The van der Waals surface area contributed by atoms with Crippen LogP contribution in [0.3, 0.4) is 0 Å². The summed E-state index contributed by atoms with van der Waals surface area (Å²) in [6.07, 6.45) is -3.47. The van der Waals surface area contributed by atoms with E-state index in [0.29, 0.717) is 31.3 Å². The van der Waals surface area contributed by atoms with Gasteiger partial charge in [0.15, 0.2) is 0 Å². The van der Waals surface area contributed by atoms with Crippen molar-refractivity contribution in [2.75, 3.05) is 44.2 Å². The number of hydrogen-bond acceptors (Lipinski definition) is 5. The van der Waals surface area contributed by atoms with Gasteiger partial charge in [0.25, 0.3) is 0 Å². The number of aromatic nitrogens is 2. The lowest BCUT2D eigenvalue weighted by molar-refractivity contribution is -0.137. The third-order valence-electron chi connectivity index (χ3n) is 5.47. The second-order valence-corrected chi connectivity index (χ2v) is 7.68. The summed E-state index contributed by atoms with van der Waals surface area (Å²) in [6.45, 7) is 6.34. The molecule has 8 heteroatoms. The van der Waals surface area contributed by atoms with Crippen molar-refractivity contribution >= 4 is 16.7 Å². The van der Waals surface area contributed by atoms with Crippen molar-refractivity contribution in [1.29, 1.82) is 0 Å². The van der Waals surface area contributed by atoms with Crippen LogP contribution in [-0.4, -0.2) is 54.2 Å². The highest BCUT2D eigenvalue weighted by molar-refractivity contribution is 5.74. The molecule has 1 saturated heterocycles. The molecule has 0 unspecified atom stereocenters.